The molecule has 14 heavy (non-hydrogen) atoms. The summed E-state index contributed by atoms with van der Waals surface area (Å²) in [4.78, 5) is 3.07. The molecule has 0 amide bonds. The number of nitrogens with one attached hydrogen (secondary N) is 1. The van der Waals surface area contributed by atoms with Crippen molar-refractivity contribution in [3.05, 3.63) is 36.0 Å². The fourth-order valence-electron chi connectivity index (χ4n) is 1.58. The number of nitrogens with two attached hydrogens (primary N) is 1. The number of rotatable bonds is 3. The second-order valence-electron chi connectivity index (χ2n) is 3.37. The van der Waals surface area contributed by atoms with E-state index in [1.165, 1.54) is 0 Å². The second-order valence-corrected chi connectivity index (χ2v) is 3.37. The van der Waals surface area contributed by atoms with Crippen LogP contribution in [0.2, 0.25) is 0 Å². The molecule has 1 unspecified atom stereocenters. The SMILES string of the molecule is NCCC(F)c1ccc2[nH]ccc2c1. The third kappa shape index (κ3) is 1.63. The molecule has 0 saturated heterocycles. The highest BCUT2D eigenvalue weighted by molar-refractivity contribution is 5.79. The van der Waals surface area contributed by atoms with Gasteiger partial charge in [0, 0.05) is 11.7 Å². The van der Waals surface area contributed by atoms with Crippen LogP contribution in [0.1, 0.15) is 18.2 Å². The molecule has 2 rings (SSSR count). The molecule has 3 heteroatoms. The highest BCUT2D eigenvalue weighted by Gasteiger charge is 2.08. The van der Waals surface area contributed by atoms with E-state index in [4.69, 9.17) is 5.73 Å². The van der Waals surface area contributed by atoms with E-state index in [-0.39, 0.29) is 0 Å². The van der Waals surface area contributed by atoms with Crippen LogP contribution in [-0.4, -0.2) is 11.5 Å². The van der Waals surface area contributed by atoms with E-state index in [2.05, 4.69) is 4.98 Å². The largest absolute Gasteiger partial charge is 0.361 e. The van der Waals surface area contributed by atoms with Gasteiger partial charge in [-0.3, -0.25) is 0 Å². The van der Waals surface area contributed by atoms with Crippen LogP contribution >= 0.6 is 0 Å². The molecule has 0 fully saturated rings. The van der Waals surface area contributed by atoms with E-state index in [0.29, 0.717) is 18.5 Å². The molecule has 0 saturated carbocycles. The normalized spacial score (nSPS) is 13.3. The lowest BCUT2D eigenvalue weighted by atomic mass is 10.1. The Morgan fingerprint density at radius 3 is 3.00 bits per heavy atom. The number of aromatic nitrogens is 1. The predicted molar refractivity (Wildman–Crippen MR) is 55.8 cm³/mol. The van der Waals surface area contributed by atoms with Crippen molar-refractivity contribution >= 4 is 10.9 Å². The van der Waals surface area contributed by atoms with Crippen LogP contribution in [0, 0.1) is 0 Å². The molecule has 0 radical (unpaired) electrons. The van der Waals surface area contributed by atoms with Gasteiger partial charge in [-0.05, 0) is 42.1 Å². The maximum Gasteiger partial charge on any atom is 0.126 e. The first-order valence-corrected chi connectivity index (χ1v) is 4.72. The average Bonchev–Trinajstić information content (AvgIpc) is 2.64. The lowest BCUT2D eigenvalue weighted by Gasteiger charge is -2.06. The van der Waals surface area contributed by atoms with Gasteiger partial charge in [0.05, 0.1) is 0 Å². The average molecular weight is 192 g/mol. The standard InChI is InChI=1S/C11H13FN2/c12-10(3-5-13)8-1-2-11-9(7-8)4-6-14-11/h1-2,4,6-7,10,14H,3,5,13H2. The van der Waals surface area contributed by atoms with Gasteiger partial charge in [-0.15, -0.1) is 0 Å². The van der Waals surface area contributed by atoms with Crippen molar-refractivity contribution < 1.29 is 4.39 Å². The van der Waals surface area contributed by atoms with Crippen LogP contribution in [-0.2, 0) is 0 Å². The summed E-state index contributed by atoms with van der Waals surface area (Å²) in [7, 11) is 0. The molecule has 2 aromatic rings. The van der Waals surface area contributed by atoms with E-state index >= 15 is 0 Å². The first-order valence-electron chi connectivity index (χ1n) is 4.72. The number of H-pyrrole nitrogens is 1. The fourth-order valence-corrected chi connectivity index (χ4v) is 1.58. The second kappa shape index (κ2) is 3.80. The number of halogens is 1. The third-order valence-corrected chi connectivity index (χ3v) is 2.36. The van der Waals surface area contributed by atoms with Gasteiger partial charge >= 0.3 is 0 Å². The molecule has 0 aliphatic rings. The van der Waals surface area contributed by atoms with E-state index in [1.807, 2.05) is 24.4 Å². The minimum absolute atomic E-state index is 0.381. The smallest absolute Gasteiger partial charge is 0.126 e. The summed E-state index contributed by atoms with van der Waals surface area (Å²) in [6, 6.07) is 7.51. The van der Waals surface area contributed by atoms with Gasteiger partial charge in [-0.2, -0.15) is 0 Å². The van der Waals surface area contributed by atoms with Crippen molar-refractivity contribution in [2.75, 3.05) is 6.54 Å². The lowest BCUT2D eigenvalue weighted by molar-refractivity contribution is 0.328. The number of alkyl halides is 1. The van der Waals surface area contributed by atoms with Crippen LogP contribution in [0.5, 0.6) is 0 Å². The number of hydrogen-bond donors (Lipinski definition) is 2. The van der Waals surface area contributed by atoms with E-state index in [1.54, 1.807) is 6.07 Å². The van der Waals surface area contributed by atoms with Crippen LogP contribution in [0.25, 0.3) is 10.9 Å². The molecule has 74 valence electrons. The molecule has 0 aliphatic heterocycles. The zero-order valence-corrected chi connectivity index (χ0v) is 7.83. The van der Waals surface area contributed by atoms with E-state index in [9.17, 15) is 4.39 Å². The molecule has 0 aliphatic carbocycles. The Labute approximate surface area is 81.9 Å². The third-order valence-electron chi connectivity index (χ3n) is 2.36. The first-order chi connectivity index (χ1) is 6.81. The van der Waals surface area contributed by atoms with Crippen LogP contribution in [0.3, 0.4) is 0 Å². The minimum atomic E-state index is -0.945. The first kappa shape index (κ1) is 9.21. The molecule has 1 atom stereocenters. The Kier molecular flexibility index (Phi) is 2.50. The maximum atomic E-state index is 13.5. The molecular formula is C11H13FN2. The Hall–Kier alpha value is -1.35. The highest BCUT2D eigenvalue weighted by Crippen LogP contribution is 2.24. The molecule has 1 heterocycles. The van der Waals surface area contributed by atoms with E-state index < -0.39 is 6.17 Å². The lowest BCUT2D eigenvalue weighted by Crippen LogP contribution is -2.03. The predicted octanol–water partition coefficient (Wildman–Crippen LogP) is 2.53. The number of fused-ring (bicyclic) bond motifs is 1. The minimum Gasteiger partial charge on any atom is -0.361 e. The number of benzene rings is 1. The molecule has 1 aromatic heterocycles. The molecule has 0 spiro atoms. The van der Waals surface area contributed by atoms with Crippen molar-refractivity contribution in [3.8, 4) is 0 Å². The van der Waals surface area contributed by atoms with Gasteiger partial charge in [-0.25, -0.2) is 4.39 Å². The van der Waals surface area contributed by atoms with Crippen molar-refractivity contribution in [1.82, 2.24) is 4.98 Å². The van der Waals surface area contributed by atoms with Crippen molar-refractivity contribution in [2.24, 2.45) is 5.73 Å². The van der Waals surface area contributed by atoms with Crippen LogP contribution in [0.15, 0.2) is 30.5 Å². The van der Waals surface area contributed by atoms with Gasteiger partial charge in [-0.1, -0.05) is 6.07 Å². The van der Waals surface area contributed by atoms with Crippen LogP contribution in [0.4, 0.5) is 4.39 Å². The summed E-state index contributed by atoms with van der Waals surface area (Å²) in [5, 5.41) is 1.04. The summed E-state index contributed by atoms with van der Waals surface area (Å²) < 4.78 is 13.5. The molecule has 2 nitrogen and oxygen atoms in total. The zero-order valence-electron chi connectivity index (χ0n) is 7.83. The quantitative estimate of drug-likeness (QED) is 0.770. The van der Waals surface area contributed by atoms with Crippen molar-refractivity contribution in [1.29, 1.82) is 0 Å². The van der Waals surface area contributed by atoms with Gasteiger partial charge in [0.25, 0.3) is 0 Å². The Morgan fingerprint density at radius 2 is 2.21 bits per heavy atom. The molecule has 0 bridgehead atoms. The number of hydrogen-bond acceptors (Lipinski definition) is 1. The molecule has 3 N–H and O–H groups in total. The Morgan fingerprint density at radius 1 is 1.36 bits per heavy atom. The summed E-state index contributed by atoms with van der Waals surface area (Å²) in [6.45, 7) is 0.381. The Bertz CT molecular complexity index is 422. The molecular weight excluding hydrogens is 179 g/mol. The summed E-state index contributed by atoms with van der Waals surface area (Å²) in [6.07, 6.45) is 1.29. The van der Waals surface area contributed by atoms with Crippen molar-refractivity contribution in [3.63, 3.8) is 0 Å². The van der Waals surface area contributed by atoms with Gasteiger partial charge in [0.15, 0.2) is 0 Å². The highest BCUT2D eigenvalue weighted by atomic mass is 19.1. The molecule has 1 aromatic carbocycles. The van der Waals surface area contributed by atoms with E-state index in [0.717, 1.165) is 10.9 Å². The van der Waals surface area contributed by atoms with Crippen molar-refractivity contribution in [2.45, 2.75) is 12.6 Å². The monoisotopic (exact) mass is 192 g/mol. The van der Waals surface area contributed by atoms with Gasteiger partial charge in [0.1, 0.15) is 6.17 Å². The van der Waals surface area contributed by atoms with Crippen LogP contribution < -0.4 is 5.73 Å². The summed E-state index contributed by atoms with van der Waals surface area (Å²) in [5.74, 6) is 0. The van der Waals surface area contributed by atoms with Gasteiger partial charge in [0.2, 0.25) is 0 Å². The maximum absolute atomic E-state index is 13.5. The van der Waals surface area contributed by atoms with Gasteiger partial charge < -0.3 is 10.7 Å². The topological polar surface area (TPSA) is 41.8 Å². The summed E-state index contributed by atoms with van der Waals surface area (Å²) in [5.41, 5.74) is 7.06. The number of aromatic amines is 1. The zero-order chi connectivity index (χ0) is 9.97. The fraction of sp³-hybridized carbons (Fsp3) is 0.273. The summed E-state index contributed by atoms with van der Waals surface area (Å²) >= 11 is 0. The Balaban J connectivity index is 2.33.